The summed E-state index contributed by atoms with van der Waals surface area (Å²) in [7, 11) is 0. The van der Waals surface area contributed by atoms with Gasteiger partial charge in [0.1, 0.15) is 6.04 Å². The zero-order valence-corrected chi connectivity index (χ0v) is 20.1. The summed E-state index contributed by atoms with van der Waals surface area (Å²) in [5, 5.41) is 9.55. The first-order valence-corrected chi connectivity index (χ1v) is 11.0. The van der Waals surface area contributed by atoms with Crippen LogP contribution in [0.5, 0.6) is 11.5 Å². The minimum absolute atomic E-state index is 0.0396. The first-order valence-electron chi connectivity index (χ1n) is 11.0. The lowest BCUT2D eigenvalue weighted by atomic mass is 9.82. The number of carboxylic acids is 1. The Hall–Kier alpha value is -3.34. The van der Waals surface area contributed by atoms with E-state index in [0.717, 1.165) is 0 Å². The van der Waals surface area contributed by atoms with Gasteiger partial charge in [0.15, 0.2) is 11.5 Å². The Kier molecular flexibility index (Phi) is 11.8. The number of carbonyl (C=O) groups is 4. The molecule has 0 radical (unpaired) electrons. The van der Waals surface area contributed by atoms with E-state index in [2.05, 4.69) is 0 Å². The van der Waals surface area contributed by atoms with Crippen molar-refractivity contribution >= 4 is 24.2 Å². The van der Waals surface area contributed by atoms with E-state index in [1.54, 1.807) is 20.8 Å². The highest BCUT2D eigenvalue weighted by molar-refractivity contribution is 5.75. The van der Waals surface area contributed by atoms with Gasteiger partial charge in [-0.05, 0) is 43.4 Å². The van der Waals surface area contributed by atoms with Gasteiger partial charge in [-0.1, -0.05) is 26.8 Å². The minimum Gasteiger partial charge on any atom is -0.480 e. The summed E-state index contributed by atoms with van der Waals surface area (Å²) in [6.07, 6.45) is -1.85. The van der Waals surface area contributed by atoms with Gasteiger partial charge in [-0.15, -0.1) is 0 Å². The van der Waals surface area contributed by atoms with E-state index in [4.69, 9.17) is 29.4 Å². The van der Waals surface area contributed by atoms with Crippen molar-refractivity contribution in [2.24, 2.45) is 17.6 Å². The largest absolute Gasteiger partial charge is 0.513 e. The third kappa shape index (κ3) is 9.26. The maximum absolute atomic E-state index is 12.0. The molecule has 0 saturated carbocycles. The summed E-state index contributed by atoms with van der Waals surface area (Å²) in [6, 6.07) is 2.75. The molecular formula is C23H33NO10. The molecule has 1 aromatic rings. The SMILES string of the molecule is CCOC(=O)Oc1ccc(C(C(C)COC(=O)CC(C)C)[C@H](N)C(=O)O)cc1OC(=O)OCC. The lowest BCUT2D eigenvalue weighted by Gasteiger charge is -2.28. The Morgan fingerprint density at radius 2 is 1.47 bits per heavy atom. The number of carbonyl (C=O) groups excluding carboxylic acids is 3. The van der Waals surface area contributed by atoms with Crippen LogP contribution in [0.3, 0.4) is 0 Å². The third-order valence-electron chi connectivity index (χ3n) is 4.63. The van der Waals surface area contributed by atoms with Crippen molar-refractivity contribution in [3.8, 4) is 11.5 Å². The molecule has 190 valence electrons. The molecule has 0 saturated heterocycles. The summed E-state index contributed by atoms with van der Waals surface area (Å²) < 4.78 is 25.0. The number of ether oxygens (including phenoxy) is 5. The Morgan fingerprint density at radius 3 is 1.97 bits per heavy atom. The highest BCUT2D eigenvalue weighted by atomic mass is 16.7. The Morgan fingerprint density at radius 1 is 0.912 bits per heavy atom. The molecule has 1 aromatic carbocycles. The van der Waals surface area contributed by atoms with E-state index in [9.17, 15) is 24.3 Å². The molecular weight excluding hydrogens is 450 g/mol. The topological polar surface area (TPSA) is 161 Å². The predicted molar refractivity (Wildman–Crippen MR) is 120 cm³/mol. The van der Waals surface area contributed by atoms with E-state index >= 15 is 0 Å². The summed E-state index contributed by atoms with van der Waals surface area (Å²) in [6.45, 7) is 8.63. The third-order valence-corrected chi connectivity index (χ3v) is 4.63. The van der Waals surface area contributed by atoms with Crippen LogP contribution in [0.25, 0.3) is 0 Å². The molecule has 3 N–H and O–H groups in total. The highest BCUT2D eigenvalue weighted by Gasteiger charge is 2.33. The van der Waals surface area contributed by atoms with Gasteiger partial charge in [-0.2, -0.15) is 0 Å². The van der Waals surface area contributed by atoms with Gasteiger partial charge in [0.2, 0.25) is 0 Å². The van der Waals surface area contributed by atoms with Gasteiger partial charge >= 0.3 is 24.2 Å². The van der Waals surface area contributed by atoms with Crippen LogP contribution in [0.4, 0.5) is 9.59 Å². The van der Waals surface area contributed by atoms with Gasteiger partial charge in [-0.25, -0.2) is 9.59 Å². The molecule has 0 bridgehead atoms. The normalized spacial score (nSPS) is 13.4. The van der Waals surface area contributed by atoms with E-state index < -0.39 is 42.1 Å². The number of hydrogen-bond donors (Lipinski definition) is 2. The van der Waals surface area contributed by atoms with Crippen LogP contribution in [0.1, 0.15) is 52.5 Å². The molecule has 0 spiro atoms. The number of rotatable bonds is 12. The van der Waals surface area contributed by atoms with Crippen molar-refractivity contribution in [1.82, 2.24) is 0 Å². The summed E-state index contributed by atoms with van der Waals surface area (Å²) >= 11 is 0. The zero-order valence-electron chi connectivity index (χ0n) is 20.1. The van der Waals surface area contributed by atoms with Gasteiger partial charge in [0.05, 0.1) is 19.8 Å². The molecule has 0 aliphatic rings. The molecule has 0 amide bonds. The van der Waals surface area contributed by atoms with Crippen LogP contribution in [0.15, 0.2) is 18.2 Å². The summed E-state index contributed by atoms with van der Waals surface area (Å²) in [4.78, 5) is 47.3. The summed E-state index contributed by atoms with van der Waals surface area (Å²) in [5.74, 6) is -3.28. The number of benzene rings is 1. The number of nitrogens with two attached hydrogens (primary N) is 1. The fourth-order valence-electron chi connectivity index (χ4n) is 3.13. The lowest BCUT2D eigenvalue weighted by molar-refractivity contribution is -0.146. The molecule has 0 heterocycles. The maximum atomic E-state index is 12.0. The second kappa shape index (κ2) is 14.0. The van der Waals surface area contributed by atoms with Crippen molar-refractivity contribution in [3.63, 3.8) is 0 Å². The maximum Gasteiger partial charge on any atom is 0.513 e. The molecule has 3 atom stereocenters. The molecule has 2 unspecified atom stereocenters. The van der Waals surface area contributed by atoms with Crippen LogP contribution in [0.2, 0.25) is 0 Å². The fourth-order valence-corrected chi connectivity index (χ4v) is 3.13. The average Bonchev–Trinajstić information content (AvgIpc) is 2.73. The first-order chi connectivity index (χ1) is 16.0. The Bertz CT molecular complexity index is 854. The molecule has 11 heteroatoms. The summed E-state index contributed by atoms with van der Waals surface area (Å²) in [5.41, 5.74) is 6.32. The second-order valence-corrected chi connectivity index (χ2v) is 7.92. The highest BCUT2D eigenvalue weighted by Crippen LogP contribution is 2.36. The van der Waals surface area contributed by atoms with Crippen molar-refractivity contribution in [2.45, 2.75) is 53.0 Å². The van der Waals surface area contributed by atoms with Crippen LogP contribution in [0, 0.1) is 11.8 Å². The van der Waals surface area contributed by atoms with Gasteiger partial charge < -0.3 is 34.5 Å². The molecule has 0 aliphatic heterocycles. The predicted octanol–water partition coefficient (Wildman–Crippen LogP) is 3.48. The Balaban J connectivity index is 3.30. The van der Waals surface area contributed by atoms with Gasteiger partial charge in [0, 0.05) is 12.3 Å². The number of hydrogen-bond acceptors (Lipinski definition) is 10. The van der Waals surface area contributed by atoms with Crippen molar-refractivity contribution in [1.29, 1.82) is 0 Å². The van der Waals surface area contributed by atoms with Crippen LogP contribution >= 0.6 is 0 Å². The van der Waals surface area contributed by atoms with E-state index in [1.807, 2.05) is 13.8 Å². The van der Waals surface area contributed by atoms with E-state index in [1.165, 1.54) is 18.2 Å². The molecule has 1 rings (SSSR count). The zero-order chi connectivity index (χ0) is 25.8. The van der Waals surface area contributed by atoms with Gasteiger partial charge in [-0.3, -0.25) is 9.59 Å². The first kappa shape index (κ1) is 28.7. The fraction of sp³-hybridized carbons (Fsp3) is 0.565. The lowest BCUT2D eigenvalue weighted by Crippen LogP contribution is -2.40. The number of esters is 1. The molecule has 0 fully saturated rings. The Labute approximate surface area is 198 Å². The van der Waals surface area contributed by atoms with Crippen molar-refractivity contribution in [3.05, 3.63) is 23.8 Å². The standard InChI is InChI=1S/C23H33NO10/c1-6-30-22(28)33-16-9-8-15(11-17(16)34-23(29)31-7-2)19(20(24)21(26)27)14(5)12-32-18(25)10-13(3)4/h8-9,11,13-14,19-20H,6-7,10,12,24H2,1-5H3,(H,26,27)/t14?,19?,20-/m0/s1. The van der Waals surface area contributed by atoms with Crippen molar-refractivity contribution < 1.29 is 48.0 Å². The number of carboxylic acid groups (broad SMARTS) is 1. The molecule has 34 heavy (non-hydrogen) atoms. The smallest absolute Gasteiger partial charge is 0.480 e. The monoisotopic (exact) mass is 483 g/mol. The van der Waals surface area contributed by atoms with Crippen LogP contribution in [-0.2, 0) is 23.8 Å². The van der Waals surface area contributed by atoms with Crippen LogP contribution in [-0.4, -0.2) is 55.2 Å². The van der Waals surface area contributed by atoms with Gasteiger partial charge in [0.25, 0.3) is 0 Å². The number of aliphatic carboxylic acids is 1. The van der Waals surface area contributed by atoms with Crippen LogP contribution < -0.4 is 15.2 Å². The van der Waals surface area contributed by atoms with E-state index in [-0.39, 0.29) is 43.7 Å². The second-order valence-electron chi connectivity index (χ2n) is 7.92. The van der Waals surface area contributed by atoms with E-state index in [0.29, 0.717) is 5.56 Å². The van der Waals surface area contributed by atoms with Crippen molar-refractivity contribution in [2.75, 3.05) is 19.8 Å². The molecule has 0 aromatic heterocycles. The quantitative estimate of drug-likeness (QED) is 0.254. The molecule has 0 aliphatic carbocycles. The molecule has 11 nitrogen and oxygen atoms in total. The minimum atomic E-state index is -1.37. The average molecular weight is 484 g/mol.